The van der Waals surface area contributed by atoms with E-state index in [1.807, 2.05) is 31.2 Å². The fraction of sp³-hybridized carbons (Fsp3) is 0.267. The molecule has 1 aromatic heterocycles. The molecule has 0 saturated heterocycles. The first-order chi connectivity index (χ1) is 10.2. The first-order valence-electron chi connectivity index (χ1n) is 6.71. The van der Waals surface area contributed by atoms with Crippen LogP contribution in [0.15, 0.2) is 36.7 Å². The zero-order valence-electron chi connectivity index (χ0n) is 11.9. The van der Waals surface area contributed by atoms with E-state index in [1.165, 1.54) is 12.4 Å². The van der Waals surface area contributed by atoms with E-state index in [2.05, 4.69) is 15.3 Å². The van der Waals surface area contributed by atoms with Crippen LogP contribution in [0.2, 0.25) is 0 Å². The highest BCUT2D eigenvalue weighted by Crippen LogP contribution is 2.07. The van der Waals surface area contributed by atoms with Crippen molar-refractivity contribution in [2.45, 2.75) is 20.1 Å². The molecule has 0 aliphatic heterocycles. The Morgan fingerprint density at radius 2 is 1.86 bits per heavy atom. The molecule has 1 amide bonds. The maximum Gasteiger partial charge on any atom is 0.273 e. The molecular formula is C15H18N4O2. The number of carbonyl (C=O) groups excluding carboxylic acids is 1. The standard InChI is InChI=1S/C15H18N4O2/c1-2-21-10-12-5-3-11(4-6-12)9-19-15(20)13-14(16)18-8-7-17-13/h3-8H,2,9-10H2,1H3,(H2,16,18)(H,19,20). The van der Waals surface area contributed by atoms with Gasteiger partial charge in [-0.15, -0.1) is 0 Å². The van der Waals surface area contributed by atoms with Gasteiger partial charge in [0.2, 0.25) is 0 Å². The van der Waals surface area contributed by atoms with E-state index in [1.54, 1.807) is 0 Å². The average Bonchev–Trinajstić information content (AvgIpc) is 2.52. The first kappa shape index (κ1) is 14.9. The molecule has 0 aliphatic rings. The van der Waals surface area contributed by atoms with E-state index in [4.69, 9.17) is 10.5 Å². The summed E-state index contributed by atoms with van der Waals surface area (Å²) < 4.78 is 5.33. The highest BCUT2D eigenvalue weighted by atomic mass is 16.5. The molecule has 0 unspecified atom stereocenters. The summed E-state index contributed by atoms with van der Waals surface area (Å²) in [6.07, 6.45) is 2.89. The zero-order chi connectivity index (χ0) is 15.1. The van der Waals surface area contributed by atoms with Gasteiger partial charge in [0, 0.05) is 25.5 Å². The zero-order valence-corrected chi connectivity index (χ0v) is 11.9. The Morgan fingerprint density at radius 3 is 2.52 bits per heavy atom. The smallest absolute Gasteiger partial charge is 0.273 e. The Morgan fingerprint density at radius 1 is 1.19 bits per heavy atom. The molecule has 1 aromatic carbocycles. The van der Waals surface area contributed by atoms with E-state index >= 15 is 0 Å². The Hall–Kier alpha value is -2.47. The first-order valence-corrected chi connectivity index (χ1v) is 6.71. The number of nitrogens with one attached hydrogen (secondary N) is 1. The molecule has 6 heteroatoms. The molecule has 0 bridgehead atoms. The topological polar surface area (TPSA) is 90.1 Å². The summed E-state index contributed by atoms with van der Waals surface area (Å²) in [6.45, 7) is 3.66. The number of hydrogen-bond donors (Lipinski definition) is 2. The van der Waals surface area contributed by atoms with Crippen LogP contribution in [0.4, 0.5) is 5.82 Å². The molecule has 0 spiro atoms. The quantitative estimate of drug-likeness (QED) is 0.840. The second kappa shape index (κ2) is 7.35. The molecule has 2 rings (SSSR count). The lowest BCUT2D eigenvalue weighted by Gasteiger charge is -2.07. The van der Waals surface area contributed by atoms with Crippen LogP contribution in [0.3, 0.4) is 0 Å². The van der Waals surface area contributed by atoms with E-state index in [0.717, 1.165) is 11.1 Å². The molecule has 0 fully saturated rings. The maximum atomic E-state index is 11.9. The fourth-order valence-corrected chi connectivity index (χ4v) is 1.76. The van der Waals surface area contributed by atoms with Crippen molar-refractivity contribution in [3.63, 3.8) is 0 Å². The molecule has 21 heavy (non-hydrogen) atoms. The summed E-state index contributed by atoms with van der Waals surface area (Å²) in [6, 6.07) is 7.87. The van der Waals surface area contributed by atoms with Gasteiger partial charge in [0.1, 0.15) is 0 Å². The SMILES string of the molecule is CCOCc1ccc(CNC(=O)c2nccnc2N)cc1. The number of aromatic nitrogens is 2. The van der Waals surface area contributed by atoms with Gasteiger partial charge in [-0.05, 0) is 18.1 Å². The van der Waals surface area contributed by atoms with E-state index < -0.39 is 0 Å². The van der Waals surface area contributed by atoms with E-state index in [0.29, 0.717) is 19.8 Å². The minimum atomic E-state index is -0.334. The summed E-state index contributed by atoms with van der Waals surface area (Å²) in [4.78, 5) is 19.7. The van der Waals surface area contributed by atoms with Crippen LogP contribution in [-0.2, 0) is 17.9 Å². The number of hydrogen-bond acceptors (Lipinski definition) is 5. The number of rotatable bonds is 6. The Balaban J connectivity index is 1.91. The number of amides is 1. The lowest BCUT2D eigenvalue weighted by Crippen LogP contribution is -2.25. The van der Waals surface area contributed by atoms with Gasteiger partial charge in [-0.25, -0.2) is 9.97 Å². The van der Waals surface area contributed by atoms with Crippen molar-refractivity contribution >= 4 is 11.7 Å². The Labute approximate surface area is 123 Å². The number of carbonyl (C=O) groups is 1. The van der Waals surface area contributed by atoms with Gasteiger partial charge in [-0.3, -0.25) is 4.79 Å². The summed E-state index contributed by atoms with van der Waals surface area (Å²) in [5.41, 5.74) is 7.85. The van der Waals surface area contributed by atoms with Crippen LogP contribution in [0.5, 0.6) is 0 Å². The summed E-state index contributed by atoms with van der Waals surface area (Å²) >= 11 is 0. The van der Waals surface area contributed by atoms with Crippen molar-refractivity contribution in [3.8, 4) is 0 Å². The molecule has 2 aromatic rings. The van der Waals surface area contributed by atoms with Crippen LogP contribution >= 0.6 is 0 Å². The number of nitrogens with zero attached hydrogens (tertiary/aromatic N) is 2. The van der Waals surface area contributed by atoms with Crippen LogP contribution in [-0.4, -0.2) is 22.5 Å². The predicted molar refractivity (Wildman–Crippen MR) is 79.4 cm³/mol. The van der Waals surface area contributed by atoms with Gasteiger partial charge in [-0.2, -0.15) is 0 Å². The molecule has 6 nitrogen and oxygen atoms in total. The van der Waals surface area contributed by atoms with Gasteiger partial charge < -0.3 is 15.8 Å². The Bertz CT molecular complexity index is 599. The van der Waals surface area contributed by atoms with Crippen molar-refractivity contribution < 1.29 is 9.53 Å². The highest BCUT2D eigenvalue weighted by molar-refractivity contribution is 5.96. The summed E-state index contributed by atoms with van der Waals surface area (Å²) in [7, 11) is 0. The minimum absolute atomic E-state index is 0.127. The number of nitrogen functional groups attached to an aromatic ring is 1. The van der Waals surface area contributed by atoms with Crippen molar-refractivity contribution in [2.75, 3.05) is 12.3 Å². The van der Waals surface area contributed by atoms with Crippen molar-refractivity contribution in [3.05, 3.63) is 53.5 Å². The van der Waals surface area contributed by atoms with Crippen molar-refractivity contribution in [1.82, 2.24) is 15.3 Å². The largest absolute Gasteiger partial charge is 0.382 e. The highest BCUT2D eigenvalue weighted by Gasteiger charge is 2.11. The third-order valence-electron chi connectivity index (χ3n) is 2.89. The van der Waals surface area contributed by atoms with Gasteiger partial charge in [-0.1, -0.05) is 24.3 Å². The van der Waals surface area contributed by atoms with Crippen molar-refractivity contribution in [1.29, 1.82) is 0 Å². The average molecular weight is 286 g/mol. The second-order valence-corrected chi connectivity index (χ2v) is 4.43. The molecule has 1 heterocycles. The van der Waals surface area contributed by atoms with Gasteiger partial charge >= 0.3 is 0 Å². The number of nitrogens with two attached hydrogens (primary N) is 1. The van der Waals surface area contributed by atoms with Gasteiger partial charge in [0.15, 0.2) is 11.5 Å². The van der Waals surface area contributed by atoms with Gasteiger partial charge in [0.25, 0.3) is 5.91 Å². The number of benzene rings is 1. The van der Waals surface area contributed by atoms with Gasteiger partial charge in [0.05, 0.1) is 6.61 Å². The number of anilines is 1. The van der Waals surface area contributed by atoms with Crippen LogP contribution in [0, 0.1) is 0 Å². The lowest BCUT2D eigenvalue weighted by molar-refractivity contribution is 0.0946. The number of ether oxygens (including phenoxy) is 1. The molecule has 0 saturated carbocycles. The fourth-order valence-electron chi connectivity index (χ4n) is 1.76. The van der Waals surface area contributed by atoms with Crippen molar-refractivity contribution in [2.24, 2.45) is 0 Å². The molecule has 0 atom stereocenters. The molecule has 3 N–H and O–H groups in total. The maximum absolute atomic E-state index is 11.9. The van der Waals surface area contributed by atoms with Crippen LogP contribution < -0.4 is 11.1 Å². The molecule has 0 radical (unpaired) electrons. The summed E-state index contributed by atoms with van der Waals surface area (Å²) in [5.74, 6) is -0.207. The van der Waals surface area contributed by atoms with Crippen LogP contribution in [0.1, 0.15) is 28.5 Å². The molecule has 110 valence electrons. The normalized spacial score (nSPS) is 10.3. The predicted octanol–water partition coefficient (Wildman–Crippen LogP) is 1.53. The molecule has 0 aliphatic carbocycles. The third-order valence-corrected chi connectivity index (χ3v) is 2.89. The van der Waals surface area contributed by atoms with E-state index in [9.17, 15) is 4.79 Å². The minimum Gasteiger partial charge on any atom is -0.382 e. The molecular weight excluding hydrogens is 268 g/mol. The monoisotopic (exact) mass is 286 g/mol. The van der Waals surface area contributed by atoms with E-state index in [-0.39, 0.29) is 17.4 Å². The van der Waals surface area contributed by atoms with Crippen LogP contribution in [0.25, 0.3) is 0 Å². The second-order valence-electron chi connectivity index (χ2n) is 4.43. The lowest BCUT2D eigenvalue weighted by atomic mass is 10.1. The Kier molecular flexibility index (Phi) is 5.22. The summed E-state index contributed by atoms with van der Waals surface area (Å²) in [5, 5.41) is 2.77. The third kappa shape index (κ3) is 4.25.